The van der Waals surface area contributed by atoms with Crippen molar-refractivity contribution in [2.45, 2.75) is 60.3 Å². The van der Waals surface area contributed by atoms with Crippen LogP contribution in [0.15, 0.2) is 0 Å². The lowest BCUT2D eigenvalue weighted by Crippen LogP contribution is -2.31. The van der Waals surface area contributed by atoms with Crippen LogP contribution >= 0.6 is 0 Å². The summed E-state index contributed by atoms with van der Waals surface area (Å²) in [4.78, 5) is 0. The van der Waals surface area contributed by atoms with E-state index in [1.807, 2.05) is 0 Å². The molecule has 3 unspecified atom stereocenters. The summed E-state index contributed by atoms with van der Waals surface area (Å²) in [5.41, 5.74) is 0.578. The van der Waals surface area contributed by atoms with E-state index in [1.54, 1.807) is 0 Å². The molecule has 3 atom stereocenters. The lowest BCUT2D eigenvalue weighted by Gasteiger charge is -2.41. The van der Waals surface area contributed by atoms with Gasteiger partial charge >= 0.3 is 0 Å². The first-order valence-electron chi connectivity index (χ1n) is 5.97. The van der Waals surface area contributed by atoms with Crippen molar-refractivity contribution in [1.29, 1.82) is 0 Å². The van der Waals surface area contributed by atoms with E-state index in [9.17, 15) is 0 Å². The average Bonchev–Trinajstić information content (AvgIpc) is 2.09. The molecule has 1 aliphatic rings. The third-order valence-corrected chi connectivity index (χ3v) is 4.61. The predicted molar refractivity (Wildman–Crippen MR) is 59.7 cm³/mol. The van der Waals surface area contributed by atoms with Gasteiger partial charge in [-0.2, -0.15) is 0 Å². The quantitative estimate of drug-likeness (QED) is 0.590. The van der Waals surface area contributed by atoms with Gasteiger partial charge in [0.15, 0.2) is 0 Å². The van der Waals surface area contributed by atoms with Crippen molar-refractivity contribution in [2.24, 2.45) is 23.2 Å². The summed E-state index contributed by atoms with van der Waals surface area (Å²) in [6.07, 6.45) is 5.71. The zero-order valence-corrected chi connectivity index (χ0v) is 10.1. The third kappa shape index (κ3) is 2.48. The lowest BCUT2D eigenvalue weighted by molar-refractivity contribution is 0.0970. The first kappa shape index (κ1) is 11.1. The maximum atomic E-state index is 2.44. The summed E-state index contributed by atoms with van der Waals surface area (Å²) in [5, 5.41) is 0. The molecule has 0 radical (unpaired) electrons. The maximum absolute atomic E-state index is 2.44. The van der Waals surface area contributed by atoms with E-state index >= 15 is 0 Å². The second-order valence-corrected chi connectivity index (χ2v) is 5.81. The van der Waals surface area contributed by atoms with Crippen LogP contribution in [0.2, 0.25) is 0 Å². The van der Waals surface area contributed by atoms with Gasteiger partial charge in [0.25, 0.3) is 0 Å². The maximum Gasteiger partial charge on any atom is -0.0328 e. The zero-order chi connectivity index (χ0) is 10.1. The highest BCUT2D eigenvalue weighted by molar-refractivity contribution is 4.84. The van der Waals surface area contributed by atoms with Crippen molar-refractivity contribution in [3.8, 4) is 0 Å². The minimum Gasteiger partial charge on any atom is -0.0649 e. The summed E-state index contributed by atoms with van der Waals surface area (Å²) < 4.78 is 0. The molecule has 0 saturated heterocycles. The first-order valence-corrected chi connectivity index (χ1v) is 5.97. The van der Waals surface area contributed by atoms with Crippen LogP contribution in [0, 0.1) is 23.2 Å². The Morgan fingerprint density at radius 2 is 1.69 bits per heavy atom. The minimum absolute atomic E-state index is 0.578. The van der Waals surface area contributed by atoms with Gasteiger partial charge in [-0.15, -0.1) is 0 Å². The van der Waals surface area contributed by atoms with Crippen LogP contribution in [0.5, 0.6) is 0 Å². The second-order valence-electron chi connectivity index (χ2n) is 5.81. The molecular weight excluding hydrogens is 156 g/mol. The Kier molecular flexibility index (Phi) is 3.43. The summed E-state index contributed by atoms with van der Waals surface area (Å²) in [6, 6.07) is 0. The highest BCUT2D eigenvalue weighted by Gasteiger charge is 2.33. The molecule has 1 rings (SSSR count). The smallest absolute Gasteiger partial charge is 0.0328 e. The summed E-state index contributed by atoms with van der Waals surface area (Å²) in [6.45, 7) is 12.1. The predicted octanol–water partition coefficient (Wildman–Crippen LogP) is 4.49. The highest BCUT2D eigenvalue weighted by Crippen LogP contribution is 2.44. The van der Waals surface area contributed by atoms with Gasteiger partial charge in [-0.05, 0) is 36.0 Å². The van der Waals surface area contributed by atoms with E-state index in [4.69, 9.17) is 0 Å². The summed E-state index contributed by atoms with van der Waals surface area (Å²) in [7, 11) is 0. The van der Waals surface area contributed by atoms with Gasteiger partial charge in [0.1, 0.15) is 0 Å². The highest BCUT2D eigenvalue weighted by atomic mass is 14.4. The molecule has 1 fully saturated rings. The normalized spacial score (nSPS) is 36.2. The van der Waals surface area contributed by atoms with Crippen LogP contribution in [0.25, 0.3) is 0 Å². The van der Waals surface area contributed by atoms with Crippen LogP contribution in [-0.4, -0.2) is 0 Å². The Labute approximate surface area is 84.1 Å². The lowest BCUT2D eigenvalue weighted by atomic mass is 9.65. The molecular formula is C13H26. The molecule has 0 aliphatic heterocycles. The van der Waals surface area contributed by atoms with Crippen LogP contribution in [0.1, 0.15) is 60.3 Å². The van der Waals surface area contributed by atoms with E-state index in [2.05, 4.69) is 34.6 Å². The van der Waals surface area contributed by atoms with Crippen molar-refractivity contribution < 1.29 is 0 Å². The minimum atomic E-state index is 0.578. The number of rotatable bonds is 2. The van der Waals surface area contributed by atoms with Crippen molar-refractivity contribution >= 4 is 0 Å². The van der Waals surface area contributed by atoms with Crippen LogP contribution in [0.4, 0.5) is 0 Å². The van der Waals surface area contributed by atoms with Gasteiger partial charge in [-0.25, -0.2) is 0 Å². The van der Waals surface area contributed by atoms with Crippen molar-refractivity contribution in [2.75, 3.05) is 0 Å². The first-order chi connectivity index (χ1) is 5.97. The zero-order valence-electron chi connectivity index (χ0n) is 10.1. The van der Waals surface area contributed by atoms with Crippen LogP contribution in [0.3, 0.4) is 0 Å². The van der Waals surface area contributed by atoms with Gasteiger partial charge in [0.2, 0.25) is 0 Å². The monoisotopic (exact) mass is 182 g/mol. The topological polar surface area (TPSA) is 0 Å². The Hall–Kier alpha value is 0. The Bertz CT molecular complexity index is 157. The molecule has 1 aliphatic carbocycles. The number of hydrogen-bond donors (Lipinski definition) is 0. The van der Waals surface area contributed by atoms with E-state index in [-0.39, 0.29) is 0 Å². The van der Waals surface area contributed by atoms with Gasteiger partial charge < -0.3 is 0 Å². The summed E-state index contributed by atoms with van der Waals surface area (Å²) >= 11 is 0. The third-order valence-electron chi connectivity index (χ3n) is 4.61. The number of hydrogen-bond acceptors (Lipinski definition) is 0. The molecule has 0 aromatic rings. The Morgan fingerprint density at radius 3 is 2.15 bits per heavy atom. The van der Waals surface area contributed by atoms with Crippen LogP contribution < -0.4 is 0 Å². The van der Waals surface area contributed by atoms with E-state index in [1.165, 1.54) is 25.7 Å². The fraction of sp³-hybridized carbons (Fsp3) is 1.00. The largest absolute Gasteiger partial charge is 0.0649 e. The molecule has 0 N–H and O–H groups in total. The molecule has 0 amide bonds. The fourth-order valence-electron chi connectivity index (χ4n) is 2.55. The van der Waals surface area contributed by atoms with Crippen molar-refractivity contribution in [3.05, 3.63) is 0 Å². The Balaban J connectivity index is 2.55. The van der Waals surface area contributed by atoms with Crippen molar-refractivity contribution in [3.63, 3.8) is 0 Å². The molecule has 0 heterocycles. The van der Waals surface area contributed by atoms with E-state index in [0.717, 1.165) is 17.8 Å². The van der Waals surface area contributed by atoms with Crippen molar-refractivity contribution in [1.82, 2.24) is 0 Å². The molecule has 0 heteroatoms. The molecule has 78 valence electrons. The van der Waals surface area contributed by atoms with Gasteiger partial charge in [-0.1, -0.05) is 47.5 Å². The fourth-order valence-corrected chi connectivity index (χ4v) is 2.55. The standard InChI is InChI=1S/C13H26/c1-6-13(4,5)12-8-7-10(2)11(3)9-12/h10-12H,6-9H2,1-5H3. The summed E-state index contributed by atoms with van der Waals surface area (Å²) in [5.74, 6) is 2.89. The van der Waals surface area contributed by atoms with Gasteiger partial charge in [0.05, 0.1) is 0 Å². The molecule has 13 heavy (non-hydrogen) atoms. The average molecular weight is 182 g/mol. The van der Waals surface area contributed by atoms with E-state index in [0.29, 0.717) is 5.41 Å². The molecule has 0 aromatic carbocycles. The SMILES string of the molecule is CCC(C)(C)C1CCC(C)C(C)C1. The van der Waals surface area contributed by atoms with Gasteiger partial charge in [-0.3, -0.25) is 0 Å². The second kappa shape index (κ2) is 4.02. The molecule has 0 nitrogen and oxygen atoms in total. The Morgan fingerprint density at radius 1 is 1.08 bits per heavy atom. The molecule has 0 spiro atoms. The molecule has 0 bridgehead atoms. The molecule has 1 saturated carbocycles. The van der Waals surface area contributed by atoms with E-state index < -0.39 is 0 Å². The molecule has 0 aromatic heterocycles. The van der Waals surface area contributed by atoms with Gasteiger partial charge in [0, 0.05) is 0 Å². The van der Waals surface area contributed by atoms with Crippen LogP contribution in [-0.2, 0) is 0 Å².